The Labute approximate surface area is 153 Å². The molecule has 3 heterocycles. The standard InChI is InChI=1S/C18H27N5OS/c1-4-22-15(9-16-19-13(2)11-25-16)20-21-17(22)23-12-18(7-5-6-8-18)24-10-14(23)3/h11,14H,4-10,12H2,1-3H3. The van der Waals surface area contributed by atoms with Crippen LogP contribution in [-0.2, 0) is 17.7 Å². The average Bonchev–Trinajstić information content (AvgIpc) is 3.31. The minimum absolute atomic E-state index is 0.0314. The molecule has 25 heavy (non-hydrogen) atoms. The maximum absolute atomic E-state index is 6.26. The second-order valence-electron chi connectivity index (χ2n) is 7.40. The Balaban J connectivity index is 1.60. The molecule has 0 amide bonds. The van der Waals surface area contributed by atoms with Crippen molar-refractivity contribution in [1.29, 1.82) is 0 Å². The van der Waals surface area contributed by atoms with Gasteiger partial charge in [0.05, 0.1) is 31.2 Å². The van der Waals surface area contributed by atoms with Gasteiger partial charge in [-0.25, -0.2) is 4.98 Å². The van der Waals surface area contributed by atoms with Crippen molar-refractivity contribution in [3.8, 4) is 0 Å². The lowest BCUT2D eigenvalue weighted by atomic mass is 9.98. The SMILES string of the molecule is CCn1c(Cc2nc(C)cs2)nnc1N1CC2(CCCC2)OCC1C. The minimum atomic E-state index is 0.0314. The van der Waals surface area contributed by atoms with Crippen LogP contribution in [0.15, 0.2) is 5.38 Å². The number of hydrogen-bond acceptors (Lipinski definition) is 6. The second-order valence-corrected chi connectivity index (χ2v) is 8.34. The summed E-state index contributed by atoms with van der Waals surface area (Å²) in [6, 6.07) is 0.329. The number of aromatic nitrogens is 4. The highest BCUT2D eigenvalue weighted by Crippen LogP contribution is 2.38. The van der Waals surface area contributed by atoms with Crippen molar-refractivity contribution in [2.24, 2.45) is 0 Å². The van der Waals surface area contributed by atoms with E-state index in [1.165, 1.54) is 25.7 Å². The van der Waals surface area contributed by atoms with E-state index in [0.717, 1.165) is 48.6 Å². The number of rotatable bonds is 4. The Morgan fingerprint density at radius 2 is 2.12 bits per heavy atom. The number of morpholine rings is 1. The minimum Gasteiger partial charge on any atom is -0.371 e. The third-order valence-electron chi connectivity index (χ3n) is 5.49. The molecule has 136 valence electrons. The Bertz CT molecular complexity index is 734. The quantitative estimate of drug-likeness (QED) is 0.837. The highest BCUT2D eigenvalue weighted by atomic mass is 32.1. The zero-order chi connectivity index (χ0) is 17.4. The first-order chi connectivity index (χ1) is 12.1. The molecule has 2 aliphatic rings. The van der Waals surface area contributed by atoms with E-state index < -0.39 is 0 Å². The second kappa shape index (κ2) is 6.68. The van der Waals surface area contributed by atoms with Crippen LogP contribution in [0, 0.1) is 6.92 Å². The summed E-state index contributed by atoms with van der Waals surface area (Å²) in [5.74, 6) is 2.00. The number of thiazole rings is 1. The molecule has 1 aliphatic carbocycles. The molecule has 6 nitrogen and oxygen atoms in total. The Hall–Kier alpha value is -1.47. The number of ether oxygens (including phenoxy) is 1. The number of aryl methyl sites for hydroxylation is 1. The van der Waals surface area contributed by atoms with Crippen LogP contribution in [-0.4, -0.2) is 44.5 Å². The van der Waals surface area contributed by atoms with Crippen LogP contribution in [0.2, 0.25) is 0 Å². The van der Waals surface area contributed by atoms with E-state index in [9.17, 15) is 0 Å². The molecule has 1 atom stereocenters. The van der Waals surface area contributed by atoms with Crippen LogP contribution in [0.25, 0.3) is 0 Å². The lowest BCUT2D eigenvalue weighted by molar-refractivity contribution is -0.0639. The molecule has 4 rings (SSSR count). The van der Waals surface area contributed by atoms with Crippen LogP contribution in [0.1, 0.15) is 56.1 Å². The van der Waals surface area contributed by atoms with Gasteiger partial charge >= 0.3 is 0 Å². The fourth-order valence-electron chi connectivity index (χ4n) is 4.10. The normalized spacial score (nSPS) is 22.8. The van der Waals surface area contributed by atoms with E-state index in [1.807, 2.05) is 6.92 Å². The molecule has 1 aliphatic heterocycles. The van der Waals surface area contributed by atoms with Gasteiger partial charge < -0.3 is 9.64 Å². The fourth-order valence-corrected chi connectivity index (χ4v) is 4.87. The van der Waals surface area contributed by atoms with Gasteiger partial charge in [0.15, 0.2) is 0 Å². The smallest absolute Gasteiger partial charge is 0.227 e. The summed E-state index contributed by atoms with van der Waals surface area (Å²) in [6.45, 7) is 9.01. The average molecular weight is 362 g/mol. The third-order valence-corrected chi connectivity index (χ3v) is 6.46. The molecule has 0 N–H and O–H groups in total. The first-order valence-corrected chi connectivity index (χ1v) is 10.2. The fraction of sp³-hybridized carbons (Fsp3) is 0.722. The molecular weight excluding hydrogens is 334 g/mol. The first kappa shape index (κ1) is 17.0. The first-order valence-electron chi connectivity index (χ1n) is 9.34. The van der Waals surface area contributed by atoms with E-state index >= 15 is 0 Å². The van der Waals surface area contributed by atoms with Crippen LogP contribution in [0.4, 0.5) is 5.95 Å². The zero-order valence-electron chi connectivity index (χ0n) is 15.4. The Kier molecular flexibility index (Phi) is 4.54. The molecule has 0 radical (unpaired) electrons. The van der Waals surface area contributed by atoms with Crippen molar-refractivity contribution in [2.45, 2.75) is 71.1 Å². The lowest BCUT2D eigenvalue weighted by Crippen LogP contribution is -2.55. The maximum Gasteiger partial charge on any atom is 0.227 e. The topological polar surface area (TPSA) is 56.1 Å². The van der Waals surface area contributed by atoms with Crippen molar-refractivity contribution in [3.63, 3.8) is 0 Å². The van der Waals surface area contributed by atoms with Gasteiger partial charge in [-0.1, -0.05) is 12.8 Å². The summed E-state index contributed by atoms with van der Waals surface area (Å²) in [4.78, 5) is 7.00. The summed E-state index contributed by atoms with van der Waals surface area (Å²) in [5.41, 5.74) is 1.11. The summed E-state index contributed by atoms with van der Waals surface area (Å²) < 4.78 is 8.51. The maximum atomic E-state index is 6.26. The van der Waals surface area contributed by atoms with Crippen molar-refractivity contribution in [1.82, 2.24) is 19.7 Å². The third kappa shape index (κ3) is 3.19. The zero-order valence-corrected chi connectivity index (χ0v) is 16.2. The van der Waals surface area contributed by atoms with E-state index in [-0.39, 0.29) is 5.60 Å². The van der Waals surface area contributed by atoms with E-state index in [4.69, 9.17) is 4.74 Å². The number of nitrogens with zero attached hydrogens (tertiary/aromatic N) is 5. The van der Waals surface area contributed by atoms with Crippen LogP contribution in [0.5, 0.6) is 0 Å². The highest BCUT2D eigenvalue weighted by molar-refractivity contribution is 7.09. The van der Waals surface area contributed by atoms with Gasteiger partial charge in [-0.05, 0) is 33.6 Å². The van der Waals surface area contributed by atoms with Gasteiger partial charge in [0.2, 0.25) is 5.95 Å². The molecule has 1 unspecified atom stereocenters. The van der Waals surface area contributed by atoms with Crippen LogP contribution < -0.4 is 4.90 Å². The molecule has 1 saturated carbocycles. The predicted molar refractivity (Wildman–Crippen MR) is 99.3 cm³/mol. The largest absolute Gasteiger partial charge is 0.371 e. The summed E-state index contributed by atoms with van der Waals surface area (Å²) in [7, 11) is 0. The molecule has 2 fully saturated rings. The van der Waals surface area contributed by atoms with E-state index in [2.05, 4.69) is 43.9 Å². The predicted octanol–water partition coefficient (Wildman–Crippen LogP) is 3.19. The van der Waals surface area contributed by atoms with Gasteiger partial charge in [0.1, 0.15) is 10.8 Å². The highest BCUT2D eigenvalue weighted by Gasteiger charge is 2.42. The Morgan fingerprint density at radius 1 is 1.32 bits per heavy atom. The van der Waals surface area contributed by atoms with Gasteiger partial charge in [0.25, 0.3) is 0 Å². The van der Waals surface area contributed by atoms with Gasteiger partial charge in [-0.15, -0.1) is 21.5 Å². The summed E-state index contributed by atoms with van der Waals surface area (Å²) in [5, 5.41) is 12.3. The molecule has 0 aromatic carbocycles. The molecule has 2 aromatic heterocycles. The summed E-state index contributed by atoms with van der Waals surface area (Å²) >= 11 is 1.70. The molecular formula is C18H27N5OS. The van der Waals surface area contributed by atoms with Crippen LogP contribution >= 0.6 is 11.3 Å². The van der Waals surface area contributed by atoms with Gasteiger partial charge in [0, 0.05) is 17.6 Å². The summed E-state index contributed by atoms with van der Waals surface area (Å²) in [6.07, 6.45) is 5.64. The van der Waals surface area contributed by atoms with E-state index in [1.54, 1.807) is 11.3 Å². The number of anilines is 1. The number of hydrogen-bond donors (Lipinski definition) is 0. The Morgan fingerprint density at radius 3 is 2.80 bits per heavy atom. The van der Waals surface area contributed by atoms with Crippen molar-refractivity contribution >= 4 is 17.3 Å². The van der Waals surface area contributed by atoms with Gasteiger partial charge in [-0.3, -0.25) is 4.57 Å². The van der Waals surface area contributed by atoms with Crippen molar-refractivity contribution in [3.05, 3.63) is 21.9 Å². The van der Waals surface area contributed by atoms with Crippen molar-refractivity contribution < 1.29 is 4.74 Å². The van der Waals surface area contributed by atoms with Gasteiger partial charge in [-0.2, -0.15) is 0 Å². The molecule has 0 bridgehead atoms. The van der Waals surface area contributed by atoms with Crippen LogP contribution in [0.3, 0.4) is 0 Å². The van der Waals surface area contributed by atoms with E-state index in [0.29, 0.717) is 6.04 Å². The molecule has 1 spiro atoms. The molecule has 7 heteroatoms. The monoisotopic (exact) mass is 361 g/mol. The molecule has 2 aromatic rings. The molecule has 1 saturated heterocycles. The van der Waals surface area contributed by atoms with Crippen molar-refractivity contribution in [2.75, 3.05) is 18.1 Å². The lowest BCUT2D eigenvalue weighted by Gasteiger charge is -2.44.